The van der Waals surface area contributed by atoms with Gasteiger partial charge in [0.15, 0.2) is 12.4 Å². The van der Waals surface area contributed by atoms with Gasteiger partial charge in [-0.1, -0.05) is 24.3 Å². The second-order valence-corrected chi connectivity index (χ2v) is 7.32. The van der Waals surface area contributed by atoms with Crippen LogP contribution in [0, 0.1) is 5.92 Å². The molecule has 1 amide bonds. The summed E-state index contributed by atoms with van der Waals surface area (Å²) in [6.45, 7) is 4.11. The molecule has 148 valence electrons. The molecule has 2 aromatic rings. The highest BCUT2D eigenvalue weighted by Crippen LogP contribution is 2.35. The van der Waals surface area contributed by atoms with Gasteiger partial charge in [0.1, 0.15) is 11.5 Å². The Balaban J connectivity index is 1.67. The molecular formula is C23H27NO4. The van der Waals surface area contributed by atoms with Crippen LogP contribution in [-0.4, -0.2) is 36.3 Å². The predicted molar refractivity (Wildman–Crippen MR) is 108 cm³/mol. The largest absolute Gasteiger partial charge is 0.497 e. The van der Waals surface area contributed by atoms with E-state index in [0.717, 1.165) is 24.2 Å². The van der Waals surface area contributed by atoms with Crippen molar-refractivity contribution >= 4 is 11.7 Å². The Morgan fingerprint density at radius 1 is 1.11 bits per heavy atom. The van der Waals surface area contributed by atoms with Crippen LogP contribution in [0.1, 0.15) is 42.6 Å². The van der Waals surface area contributed by atoms with Gasteiger partial charge >= 0.3 is 0 Å². The highest BCUT2D eigenvalue weighted by molar-refractivity contribution is 5.94. The van der Waals surface area contributed by atoms with Gasteiger partial charge in [0.25, 0.3) is 5.91 Å². The van der Waals surface area contributed by atoms with Crippen molar-refractivity contribution in [1.29, 1.82) is 0 Å². The van der Waals surface area contributed by atoms with E-state index >= 15 is 0 Å². The fraction of sp³-hybridized carbons (Fsp3) is 0.391. The monoisotopic (exact) mass is 381 g/mol. The Bertz CT molecular complexity index is 827. The number of methoxy groups -OCH3 is 1. The van der Waals surface area contributed by atoms with Gasteiger partial charge in [-0.25, -0.2) is 0 Å². The lowest BCUT2D eigenvalue weighted by molar-refractivity contribution is -0.136. The molecule has 0 N–H and O–H groups in total. The molecule has 0 saturated heterocycles. The third-order valence-corrected chi connectivity index (χ3v) is 5.23. The average molecular weight is 381 g/mol. The normalized spacial score (nSPS) is 14.2. The first-order valence-corrected chi connectivity index (χ1v) is 9.64. The minimum atomic E-state index is -0.0524. The number of carbonyl (C=O) groups is 2. The summed E-state index contributed by atoms with van der Waals surface area (Å²) in [6, 6.07) is 14.9. The van der Waals surface area contributed by atoms with E-state index in [1.165, 1.54) is 6.92 Å². The number of amides is 1. The number of Topliss-reactive ketones (excluding diaryl/α,β-unsaturated/α-hetero) is 1. The summed E-state index contributed by atoms with van der Waals surface area (Å²) in [6.07, 6.45) is 2.32. The van der Waals surface area contributed by atoms with E-state index in [2.05, 4.69) is 6.92 Å². The van der Waals surface area contributed by atoms with E-state index < -0.39 is 0 Å². The van der Waals surface area contributed by atoms with Crippen molar-refractivity contribution in [2.75, 3.05) is 13.7 Å². The zero-order valence-electron chi connectivity index (χ0n) is 16.7. The number of hydrogen-bond acceptors (Lipinski definition) is 4. The molecule has 1 aliphatic rings. The van der Waals surface area contributed by atoms with Crippen LogP contribution >= 0.6 is 0 Å². The summed E-state index contributed by atoms with van der Waals surface area (Å²) in [7, 11) is 1.64. The summed E-state index contributed by atoms with van der Waals surface area (Å²) in [5.41, 5.74) is 1.63. The molecule has 1 unspecified atom stereocenters. The molecule has 28 heavy (non-hydrogen) atoms. The highest BCUT2D eigenvalue weighted by Gasteiger charge is 2.34. The van der Waals surface area contributed by atoms with Crippen LogP contribution in [0.2, 0.25) is 0 Å². The quantitative estimate of drug-likeness (QED) is 0.614. The second kappa shape index (κ2) is 8.91. The van der Waals surface area contributed by atoms with Crippen molar-refractivity contribution in [2.24, 2.45) is 5.92 Å². The van der Waals surface area contributed by atoms with Gasteiger partial charge in [-0.2, -0.15) is 0 Å². The fourth-order valence-electron chi connectivity index (χ4n) is 3.25. The molecule has 5 heteroatoms. The van der Waals surface area contributed by atoms with E-state index in [1.807, 2.05) is 29.2 Å². The maximum atomic E-state index is 12.9. The minimum absolute atomic E-state index is 0.0275. The van der Waals surface area contributed by atoms with Crippen molar-refractivity contribution in [2.45, 2.75) is 39.3 Å². The smallest absolute Gasteiger partial charge is 0.261 e. The highest BCUT2D eigenvalue weighted by atomic mass is 16.5. The number of carbonyl (C=O) groups excluding carboxylic acids is 2. The standard InChI is InChI=1S/C23H27NO4/c1-16(19-9-10-19)24(14-18-7-11-21(27-3)12-8-18)23(26)15-28-22-6-4-5-20(13-22)17(2)25/h4-8,11-13,16,19H,9-10,14-15H2,1-3H3. The molecule has 1 fully saturated rings. The van der Waals surface area contributed by atoms with Crippen LogP contribution in [0.25, 0.3) is 0 Å². The van der Waals surface area contributed by atoms with Crippen LogP contribution in [0.3, 0.4) is 0 Å². The molecule has 0 radical (unpaired) electrons. The Morgan fingerprint density at radius 2 is 1.82 bits per heavy atom. The number of nitrogens with zero attached hydrogens (tertiary/aromatic N) is 1. The molecule has 0 heterocycles. The molecule has 3 rings (SSSR count). The average Bonchev–Trinajstić information content (AvgIpc) is 3.56. The molecule has 1 atom stereocenters. The zero-order chi connectivity index (χ0) is 20.1. The lowest BCUT2D eigenvalue weighted by atomic mass is 10.1. The molecule has 0 bridgehead atoms. The van der Waals surface area contributed by atoms with Crippen LogP contribution < -0.4 is 9.47 Å². The number of ketones is 1. The Kier molecular flexibility index (Phi) is 6.34. The Hall–Kier alpha value is -2.82. The zero-order valence-corrected chi connectivity index (χ0v) is 16.7. The van der Waals surface area contributed by atoms with E-state index in [1.54, 1.807) is 31.4 Å². The van der Waals surface area contributed by atoms with E-state index in [-0.39, 0.29) is 24.3 Å². The van der Waals surface area contributed by atoms with Gasteiger partial charge in [0.2, 0.25) is 0 Å². The van der Waals surface area contributed by atoms with Crippen molar-refractivity contribution in [1.82, 2.24) is 4.90 Å². The van der Waals surface area contributed by atoms with Gasteiger partial charge in [-0.15, -0.1) is 0 Å². The third-order valence-electron chi connectivity index (χ3n) is 5.23. The predicted octanol–water partition coefficient (Wildman–Crippen LogP) is 4.10. The Labute approximate surface area is 166 Å². The van der Waals surface area contributed by atoms with Gasteiger partial charge in [-0.05, 0) is 62.4 Å². The van der Waals surface area contributed by atoms with Gasteiger partial charge < -0.3 is 14.4 Å². The number of rotatable bonds is 9. The Morgan fingerprint density at radius 3 is 2.43 bits per heavy atom. The fourth-order valence-corrected chi connectivity index (χ4v) is 3.25. The van der Waals surface area contributed by atoms with Crippen LogP contribution in [0.5, 0.6) is 11.5 Å². The van der Waals surface area contributed by atoms with Crippen LogP contribution in [0.15, 0.2) is 48.5 Å². The van der Waals surface area contributed by atoms with Crippen LogP contribution in [0.4, 0.5) is 0 Å². The molecule has 0 aromatic heterocycles. The maximum absolute atomic E-state index is 12.9. The van der Waals surface area contributed by atoms with Gasteiger partial charge in [-0.3, -0.25) is 9.59 Å². The number of benzene rings is 2. The maximum Gasteiger partial charge on any atom is 0.261 e. The summed E-state index contributed by atoms with van der Waals surface area (Å²) in [5, 5.41) is 0. The van der Waals surface area contributed by atoms with E-state index in [9.17, 15) is 9.59 Å². The van der Waals surface area contributed by atoms with Crippen LogP contribution in [-0.2, 0) is 11.3 Å². The molecule has 2 aromatic carbocycles. The van der Waals surface area contributed by atoms with Crippen molar-refractivity contribution < 1.29 is 19.1 Å². The summed E-state index contributed by atoms with van der Waals surface area (Å²) < 4.78 is 10.9. The SMILES string of the molecule is COc1ccc(CN(C(=O)COc2cccc(C(C)=O)c2)C(C)C2CC2)cc1. The summed E-state index contributed by atoms with van der Waals surface area (Å²) >= 11 is 0. The van der Waals surface area contributed by atoms with E-state index in [0.29, 0.717) is 23.8 Å². The van der Waals surface area contributed by atoms with E-state index in [4.69, 9.17) is 9.47 Å². The third kappa shape index (κ3) is 5.12. The van der Waals surface area contributed by atoms with Crippen molar-refractivity contribution in [3.8, 4) is 11.5 Å². The second-order valence-electron chi connectivity index (χ2n) is 7.32. The number of hydrogen-bond donors (Lipinski definition) is 0. The number of ether oxygens (including phenoxy) is 2. The molecular weight excluding hydrogens is 354 g/mol. The lowest BCUT2D eigenvalue weighted by Gasteiger charge is -2.29. The minimum Gasteiger partial charge on any atom is -0.497 e. The molecule has 0 spiro atoms. The van der Waals surface area contributed by atoms with Crippen molar-refractivity contribution in [3.63, 3.8) is 0 Å². The summed E-state index contributed by atoms with van der Waals surface area (Å²) in [4.78, 5) is 26.4. The van der Waals surface area contributed by atoms with Gasteiger partial charge in [0.05, 0.1) is 7.11 Å². The summed E-state index contributed by atoms with van der Waals surface area (Å²) in [5.74, 6) is 1.81. The first-order valence-electron chi connectivity index (χ1n) is 9.64. The van der Waals surface area contributed by atoms with Crippen molar-refractivity contribution in [3.05, 3.63) is 59.7 Å². The van der Waals surface area contributed by atoms with Gasteiger partial charge in [0, 0.05) is 18.2 Å². The first-order chi connectivity index (χ1) is 13.5. The molecule has 5 nitrogen and oxygen atoms in total. The first kappa shape index (κ1) is 19.9. The molecule has 0 aliphatic heterocycles. The lowest BCUT2D eigenvalue weighted by Crippen LogP contribution is -2.42. The molecule has 1 saturated carbocycles. The topological polar surface area (TPSA) is 55.8 Å². The molecule has 1 aliphatic carbocycles.